The predicted molar refractivity (Wildman–Crippen MR) is 63.4 cm³/mol. The van der Waals surface area contributed by atoms with E-state index in [-0.39, 0.29) is 11.8 Å². The quantitative estimate of drug-likeness (QED) is 0.712. The molecule has 0 aromatic carbocycles. The normalized spacial score (nSPS) is 38.2. The zero-order chi connectivity index (χ0) is 14.2. The molecule has 3 N–H and O–H groups in total. The van der Waals surface area contributed by atoms with Gasteiger partial charge in [0.2, 0.25) is 0 Å². The van der Waals surface area contributed by atoms with E-state index < -0.39 is 35.7 Å². The summed E-state index contributed by atoms with van der Waals surface area (Å²) in [6, 6.07) is 0. The molecule has 2 fully saturated rings. The lowest BCUT2D eigenvalue weighted by molar-refractivity contribution is -0.159. The van der Waals surface area contributed by atoms with Gasteiger partial charge in [-0.05, 0) is 24.7 Å². The topological polar surface area (TPSA) is 112 Å². The molecule has 0 saturated heterocycles. The van der Waals surface area contributed by atoms with Crippen LogP contribution in [-0.4, -0.2) is 33.2 Å². The summed E-state index contributed by atoms with van der Waals surface area (Å²) in [6.07, 6.45) is 3.90. The van der Waals surface area contributed by atoms with Gasteiger partial charge in [-0.3, -0.25) is 14.4 Å². The molecule has 6 nitrogen and oxygen atoms in total. The maximum absolute atomic E-state index is 11.4. The second kappa shape index (κ2) is 5.19. The van der Waals surface area contributed by atoms with E-state index in [1.165, 1.54) is 0 Å². The van der Waals surface area contributed by atoms with Gasteiger partial charge in [-0.2, -0.15) is 0 Å². The SMILES string of the molecule is O=C(O)C1C2CCCCCC2C(C(=O)O)C1C(=O)O. The van der Waals surface area contributed by atoms with Crippen LogP contribution in [0.3, 0.4) is 0 Å². The second-order valence-corrected chi connectivity index (χ2v) is 5.56. The lowest BCUT2D eigenvalue weighted by Crippen LogP contribution is -2.34. The third-order valence-electron chi connectivity index (χ3n) is 4.68. The molecule has 4 unspecified atom stereocenters. The van der Waals surface area contributed by atoms with Crippen molar-refractivity contribution in [2.75, 3.05) is 0 Å². The van der Waals surface area contributed by atoms with Gasteiger partial charge in [0.05, 0.1) is 17.8 Å². The van der Waals surface area contributed by atoms with Gasteiger partial charge in [-0.25, -0.2) is 0 Å². The second-order valence-electron chi connectivity index (χ2n) is 5.56. The van der Waals surface area contributed by atoms with Crippen LogP contribution in [0.25, 0.3) is 0 Å². The minimum absolute atomic E-state index is 0.317. The third kappa shape index (κ3) is 2.31. The molecule has 0 aromatic heterocycles. The molecule has 0 radical (unpaired) electrons. The maximum Gasteiger partial charge on any atom is 0.308 e. The van der Waals surface area contributed by atoms with Crippen molar-refractivity contribution in [2.45, 2.75) is 32.1 Å². The summed E-state index contributed by atoms with van der Waals surface area (Å²) >= 11 is 0. The molecule has 4 atom stereocenters. The van der Waals surface area contributed by atoms with E-state index in [1.54, 1.807) is 0 Å². The first kappa shape index (κ1) is 13.8. The van der Waals surface area contributed by atoms with Crippen molar-refractivity contribution in [3.8, 4) is 0 Å². The summed E-state index contributed by atoms with van der Waals surface area (Å²) in [5, 5.41) is 27.9. The number of rotatable bonds is 3. The van der Waals surface area contributed by atoms with Crippen LogP contribution in [-0.2, 0) is 14.4 Å². The van der Waals surface area contributed by atoms with Gasteiger partial charge in [-0.15, -0.1) is 0 Å². The van der Waals surface area contributed by atoms with Gasteiger partial charge in [0.1, 0.15) is 0 Å². The third-order valence-corrected chi connectivity index (χ3v) is 4.68. The standard InChI is InChI=1S/C13H18O6/c14-11(15)8-6-4-2-1-3-5-7(6)9(12(16)17)10(8)13(18)19/h6-10H,1-5H2,(H,14,15)(H,16,17)(H,18,19). The van der Waals surface area contributed by atoms with E-state index in [1.807, 2.05) is 0 Å². The van der Waals surface area contributed by atoms with Crippen LogP contribution in [0.1, 0.15) is 32.1 Å². The van der Waals surface area contributed by atoms with E-state index in [2.05, 4.69) is 0 Å². The Morgan fingerprint density at radius 2 is 1.00 bits per heavy atom. The van der Waals surface area contributed by atoms with Gasteiger partial charge in [-0.1, -0.05) is 19.3 Å². The van der Waals surface area contributed by atoms with Crippen LogP contribution in [0.5, 0.6) is 0 Å². The van der Waals surface area contributed by atoms with Crippen molar-refractivity contribution in [3.63, 3.8) is 0 Å². The van der Waals surface area contributed by atoms with Crippen LogP contribution >= 0.6 is 0 Å². The monoisotopic (exact) mass is 270 g/mol. The van der Waals surface area contributed by atoms with E-state index >= 15 is 0 Å². The van der Waals surface area contributed by atoms with Crippen LogP contribution < -0.4 is 0 Å². The van der Waals surface area contributed by atoms with E-state index in [0.29, 0.717) is 12.8 Å². The lowest BCUT2D eigenvalue weighted by atomic mass is 9.83. The van der Waals surface area contributed by atoms with Crippen LogP contribution in [0.2, 0.25) is 0 Å². The van der Waals surface area contributed by atoms with Crippen molar-refractivity contribution >= 4 is 17.9 Å². The Kier molecular flexibility index (Phi) is 3.78. The Balaban J connectivity index is 2.42. The van der Waals surface area contributed by atoms with Crippen molar-refractivity contribution in [2.24, 2.45) is 29.6 Å². The average molecular weight is 270 g/mol. The zero-order valence-corrected chi connectivity index (χ0v) is 10.5. The van der Waals surface area contributed by atoms with Crippen LogP contribution in [0.15, 0.2) is 0 Å². The first-order chi connectivity index (χ1) is 8.95. The highest BCUT2D eigenvalue weighted by Gasteiger charge is 2.58. The Bertz CT molecular complexity index is 374. The van der Waals surface area contributed by atoms with E-state index in [4.69, 9.17) is 0 Å². The predicted octanol–water partition coefficient (Wildman–Crippen LogP) is 1.30. The van der Waals surface area contributed by atoms with Crippen LogP contribution in [0, 0.1) is 29.6 Å². The molecule has 0 aliphatic heterocycles. The number of fused-ring (bicyclic) bond motifs is 1. The van der Waals surface area contributed by atoms with Crippen molar-refractivity contribution in [1.82, 2.24) is 0 Å². The minimum atomic E-state index is -1.30. The molecule has 2 rings (SSSR count). The maximum atomic E-state index is 11.4. The molecule has 2 aliphatic carbocycles. The first-order valence-corrected chi connectivity index (χ1v) is 6.63. The molecule has 0 aromatic rings. The van der Waals surface area contributed by atoms with Crippen molar-refractivity contribution < 1.29 is 29.7 Å². The fraction of sp³-hybridized carbons (Fsp3) is 0.769. The summed E-state index contributed by atoms with van der Waals surface area (Å²) in [4.78, 5) is 34.1. The van der Waals surface area contributed by atoms with Crippen LogP contribution in [0.4, 0.5) is 0 Å². The molecule has 2 aliphatic rings. The Morgan fingerprint density at radius 1 is 0.632 bits per heavy atom. The summed E-state index contributed by atoms with van der Waals surface area (Å²) in [5.74, 6) is -7.72. The molecule has 6 heteroatoms. The Labute approximate surface area is 110 Å². The van der Waals surface area contributed by atoms with Gasteiger partial charge < -0.3 is 15.3 Å². The number of carboxylic acid groups (broad SMARTS) is 3. The molecule has 2 saturated carbocycles. The molecular formula is C13H18O6. The Morgan fingerprint density at radius 3 is 1.32 bits per heavy atom. The number of carboxylic acids is 3. The molecule has 0 spiro atoms. The molecule has 0 heterocycles. The number of hydrogen-bond acceptors (Lipinski definition) is 3. The summed E-state index contributed by atoms with van der Waals surface area (Å²) in [7, 11) is 0. The fourth-order valence-corrected chi connectivity index (χ4v) is 3.99. The van der Waals surface area contributed by atoms with E-state index in [9.17, 15) is 29.7 Å². The summed E-state index contributed by atoms with van der Waals surface area (Å²) < 4.78 is 0. The smallest absolute Gasteiger partial charge is 0.308 e. The molecule has 0 bridgehead atoms. The van der Waals surface area contributed by atoms with Gasteiger partial charge in [0, 0.05) is 0 Å². The number of hydrogen-bond donors (Lipinski definition) is 3. The van der Waals surface area contributed by atoms with Gasteiger partial charge in [0.15, 0.2) is 0 Å². The van der Waals surface area contributed by atoms with Crippen molar-refractivity contribution in [3.05, 3.63) is 0 Å². The highest BCUT2D eigenvalue weighted by Crippen LogP contribution is 2.52. The largest absolute Gasteiger partial charge is 0.481 e. The summed E-state index contributed by atoms with van der Waals surface area (Å²) in [5.41, 5.74) is 0. The lowest BCUT2D eigenvalue weighted by Gasteiger charge is -2.21. The highest BCUT2D eigenvalue weighted by molar-refractivity contribution is 5.87. The van der Waals surface area contributed by atoms with E-state index in [0.717, 1.165) is 19.3 Å². The fourth-order valence-electron chi connectivity index (χ4n) is 3.99. The molecule has 0 amide bonds. The molecule has 19 heavy (non-hydrogen) atoms. The molecule has 106 valence electrons. The van der Waals surface area contributed by atoms with Gasteiger partial charge in [0.25, 0.3) is 0 Å². The number of aliphatic carboxylic acids is 3. The highest BCUT2D eigenvalue weighted by atomic mass is 16.4. The Hall–Kier alpha value is -1.59. The van der Waals surface area contributed by atoms with Gasteiger partial charge >= 0.3 is 17.9 Å². The first-order valence-electron chi connectivity index (χ1n) is 6.63. The van der Waals surface area contributed by atoms with Crippen molar-refractivity contribution in [1.29, 1.82) is 0 Å². The average Bonchev–Trinajstić information content (AvgIpc) is 2.46. The minimum Gasteiger partial charge on any atom is -0.481 e. The summed E-state index contributed by atoms with van der Waals surface area (Å²) in [6.45, 7) is 0. The molecular weight excluding hydrogens is 252 g/mol. The number of carbonyl (C=O) groups is 3. The zero-order valence-electron chi connectivity index (χ0n) is 10.5.